The topological polar surface area (TPSA) is 98.4 Å². The molecule has 3 heterocycles. The molecule has 1 aliphatic carbocycles. The van der Waals surface area contributed by atoms with E-state index in [9.17, 15) is 20.8 Å². The van der Waals surface area contributed by atoms with Gasteiger partial charge in [-0.3, -0.25) is 0 Å². The number of hydrogen-bond donors (Lipinski definition) is 0. The highest BCUT2D eigenvalue weighted by atomic mass is 32.1. The summed E-state index contributed by atoms with van der Waals surface area (Å²) >= 11 is 1.30. The Morgan fingerprint density at radius 1 is 0.697 bits per heavy atom. The van der Waals surface area contributed by atoms with Gasteiger partial charge in [0.1, 0.15) is 11.1 Å². The predicted molar refractivity (Wildman–Crippen MR) is 126 cm³/mol. The summed E-state index contributed by atoms with van der Waals surface area (Å²) in [5.74, 6) is 11.2. The number of hydrogen-bond acceptors (Lipinski definition) is 5. The molecule has 0 saturated carbocycles. The smallest absolute Gasteiger partial charge is 0.363 e. The van der Waals surface area contributed by atoms with Gasteiger partial charge < -0.3 is 10.4 Å². The summed E-state index contributed by atoms with van der Waals surface area (Å²) in [6.45, 7) is 13.7. The van der Waals surface area contributed by atoms with Crippen LogP contribution in [0, 0.1) is 34.1 Å². The van der Waals surface area contributed by atoms with Gasteiger partial charge in [0.05, 0.1) is 9.75 Å². The fourth-order valence-electron chi connectivity index (χ4n) is 3.69. The Bertz CT molecular complexity index is 1190. The van der Waals surface area contributed by atoms with Crippen molar-refractivity contribution in [2.24, 2.45) is 0 Å². The highest BCUT2D eigenvalue weighted by Gasteiger charge is 2.60. The molecule has 1 aromatic heterocycles. The van der Waals surface area contributed by atoms with Crippen LogP contribution in [-0.4, -0.2) is 53.4 Å². The summed E-state index contributed by atoms with van der Waals surface area (Å²) < 4.78 is 1.35. The molecule has 172 valence electrons. The van der Waals surface area contributed by atoms with E-state index in [-0.39, 0.29) is 11.7 Å². The van der Waals surface area contributed by atoms with E-state index in [1.807, 2.05) is 12.2 Å². The van der Waals surface area contributed by atoms with Crippen LogP contribution in [0.15, 0.2) is 0 Å². The largest absolute Gasteiger partial charge is 0.714 e. The Kier molecular flexibility index (Phi) is 4.76. The van der Waals surface area contributed by atoms with Crippen LogP contribution < -0.4 is 0 Å². The average Bonchev–Trinajstić information content (AvgIpc) is 3.04. The van der Waals surface area contributed by atoms with Gasteiger partial charge >= 0.3 is 11.7 Å². The summed E-state index contributed by atoms with van der Waals surface area (Å²) in [5.41, 5.74) is -1.96. The number of rotatable bonds is 0. The van der Waals surface area contributed by atoms with E-state index in [1.54, 1.807) is 55.4 Å². The zero-order valence-electron chi connectivity index (χ0n) is 20.0. The Morgan fingerprint density at radius 3 is 1.27 bits per heavy atom. The molecule has 3 aliphatic rings. The molecule has 0 atom stereocenters. The zero-order chi connectivity index (χ0) is 24.7. The number of fused-ring (bicyclic) bond motifs is 1. The molecule has 0 bridgehead atoms. The lowest BCUT2D eigenvalue weighted by Gasteiger charge is -2.32. The first-order valence-electron chi connectivity index (χ1n) is 10.6. The van der Waals surface area contributed by atoms with E-state index < -0.39 is 22.2 Å². The molecular formula is C24H26N4O4S. The van der Waals surface area contributed by atoms with Gasteiger partial charge in [-0.1, -0.05) is 22.3 Å². The predicted octanol–water partition coefficient (Wildman–Crippen LogP) is 3.19. The van der Waals surface area contributed by atoms with Gasteiger partial charge in [0.25, 0.3) is 0 Å². The van der Waals surface area contributed by atoms with Crippen LogP contribution >= 0.6 is 11.3 Å². The van der Waals surface area contributed by atoms with Crippen LogP contribution in [0.25, 0.3) is 12.2 Å². The number of amidine groups is 2. The maximum absolute atomic E-state index is 12.7. The van der Waals surface area contributed by atoms with Crippen LogP contribution in [0.3, 0.4) is 0 Å². The molecule has 4 rings (SSSR count). The highest BCUT2D eigenvalue weighted by Crippen LogP contribution is 2.39. The first-order valence-corrected chi connectivity index (χ1v) is 11.4. The van der Waals surface area contributed by atoms with Crippen LogP contribution in [0.1, 0.15) is 76.3 Å². The lowest BCUT2D eigenvalue weighted by atomic mass is 9.84. The third-order valence-electron chi connectivity index (χ3n) is 7.77. The summed E-state index contributed by atoms with van der Waals surface area (Å²) in [6.07, 6.45) is 3.76. The molecule has 0 spiro atoms. The van der Waals surface area contributed by atoms with Gasteiger partial charge in [-0.15, -0.1) is 11.3 Å². The second-order valence-corrected chi connectivity index (χ2v) is 11.5. The monoisotopic (exact) mass is 466 g/mol. The maximum Gasteiger partial charge on any atom is 0.363 e. The lowest BCUT2D eigenvalue weighted by Crippen LogP contribution is -2.53. The van der Waals surface area contributed by atoms with Gasteiger partial charge in [-0.05, 0) is 67.2 Å². The van der Waals surface area contributed by atoms with E-state index in [0.717, 1.165) is 11.1 Å². The number of hydroxylamine groups is 6. The Morgan fingerprint density at radius 2 is 1.03 bits per heavy atom. The second-order valence-electron chi connectivity index (χ2n) is 10.5. The van der Waals surface area contributed by atoms with Crippen LogP contribution in [0.2, 0.25) is 0 Å². The molecule has 2 radical (unpaired) electrons. The van der Waals surface area contributed by atoms with Crippen molar-refractivity contribution < 1.29 is 19.9 Å². The van der Waals surface area contributed by atoms with Gasteiger partial charge in [-0.25, -0.2) is 9.48 Å². The summed E-state index contributed by atoms with van der Waals surface area (Å²) in [7, 11) is 0. The Balaban J connectivity index is 1.69. The first kappa shape index (κ1) is 23.2. The van der Waals surface area contributed by atoms with E-state index in [4.69, 9.17) is 0 Å². The number of thiophene rings is 1. The third kappa shape index (κ3) is 2.86. The van der Waals surface area contributed by atoms with Crippen LogP contribution in [0.4, 0.5) is 0 Å². The molecule has 0 fully saturated rings. The Hall–Kier alpha value is -2.98. The van der Waals surface area contributed by atoms with Crippen molar-refractivity contribution in [2.45, 2.75) is 77.5 Å². The minimum absolute atomic E-state index is 0.127. The van der Waals surface area contributed by atoms with E-state index in [2.05, 4.69) is 23.7 Å². The molecule has 0 amide bonds. The summed E-state index contributed by atoms with van der Waals surface area (Å²) in [6, 6.07) is 0. The van der Waals surface area contributed by atoms with Crippen molar-refractivity contribution in [1.29, 1.82) is 0 Å². The van der Waals surface area contributed by atoms with Crippen LogP contribution in [-0.2, 0) is 10.4 Å². The standard InChI is InChI=1S/C24H26N4O4S/c1-21(2)22(3,4)26(30)19(25(21)29)13-11-17-15-9-10-16(15)18(33-17)12-14-20-27(31)23(5,6)24(7,8)28(20)32/h9-10H,1-8H3. The van der Waals surface area contributed by atoms with E-state index in [1.165, 1.54) is 11.3 Å². The first-order chi connectivity index (χ1) is 15.1. The third-order valence-corrected chi connectivity index (χ3v) is 8.82. The normalized spacial score (nSPS) is 23.1. The molecular weight excluding hydrogens is 440 g/mol. The van der Waals surface area contributed by atoms with Crippen molar-refractivity contribution in [2.75, 3.05) is 0 Å². The molecule has 2 aliphatic heterocycles. The average molecular weight is 467 g/mol. The van der Waals surface area contributed by atoms with Crippen molar-refractivity contribution in [1.82, 2.24) is 10.1 Å². The van der Waals surface area contributed by atoms with Crippen molar-refractivity contribution >= 4 is 35.2 Å². The maximum atomic E-state index is 12.7. The molecule has 8 nitrogen and oxygen atoms in total. The quantitative estimate of drug-likeness (QED) is 0.338. The lowest BCUT2D eigenvalue weighted by molar-refractivity contribution is -0.539. The van der Waals surface area contributed by atoms with Crippen molar-refractivity contribution in [3.05, 3.63) is 31.3 Å². The van der Waals surface area contributed by atoms with Crippen LogP contribution in [0.5, 0.6) is 0 Å². The van der Waals surface area contributed by atoms with Crippen molar-refractivity contribution in [3.63, 3.8) is 0 Å². The Labute approximate surface area is 197 Å². The second kappa shape index (κ2) is 6.77. The molecule has 33 heavy (non-hydrogen) atoms. The fraction of sp³-hybridized carbons (Fsp3) is 0.500. The highest BCUT2D eigenvalue weighted by molar-refractivity contribution is 7.13. The van der Waals surface area contributed by atoms with E-state index in [0.29, 0.717) is 29.4 Å². The van der Waals surface area contributed by atoms with Gasteiger partial charge in [0.15, 0.2) is 11.1 Å². The van der Waals surface area contributed by atoms with E-state index >= 15 is 0 Å². The zero-order valence-corrected chi connectivity index (χ0v) is 20.8. The molecule has 0 saturated heterocycles. The molecule has 9 heteroatoms. The van der Waals surface area contributed by atoms with Gasteiger partial charge in [0, 0.05) is 33.4 Å². The minimum atomic E-state index is -0.926. The molecule has 0 unspecified atom stereocenters. The van der Waals surface area contributed by atoms with Gasteiger partial charge in [-0.2, -0.15) is 0 Å². The molecule has 0 aromatic carbocycles. The number of nitrogens with zero attached hydrogens (tertiary/aromatic N) is 4. The minimum Gasteiger partial charge on any atom is -0.714 e. The van der Waals surface area contributed by atoms with Crippen molar-refractivity contribution in [3.8, 4) is 23.7 Å². The van der Waals surface area contributed by atoms with Gasteiger partial charge in [0.2, 0.25) is 0 Å². The molecule has 1 aromatic rings. The fourth-order valence-corrected chi connectivity index (χ4v) is 4.67. The molecule has 0 N–H and O–H groups in total. The summed E-state index contributed by atoms with van der Waals surface area (Å²) in [4.78, 5) is 1.34. The summed E-state index contributed by atoms with van der Waals surface area (Å²) in [5, 5.41) is 52.1. The SMILES string of the molecule is CC1(C)N([O])C(C#Cc2sc(C#CC3=[N+]([O-])C(C)(C)C(C)(C)N3[O])c3c2C=C3)=[N+]([O-])C1(C)C.